The van der Waals surface area contributed by atoms with Crippen molar-refractivity contribution in [1.82, 2.24) is 5.48 Å². The minimum atomic E-state index is -0.651. The molecule has 1 aliphatic heterocycles. The number of carbonyl (C=O) groups excluding carboxylic acids is 2. The van der Waals surface area contributed by atoms with Crippen LogP contribution in [-0.4, -0.2) is 25.2 Å². The first-order valence-electron chi connectivity index (χ1n) is 6.18. The molecule has 0 aromatic heterocycles. The Morgan fingerprint density at radius 2 is 2.11 bits per heavy atom. The molecule has 0 fully saturated rings. The Kier molecular flexibility index (Phi) is 5.72. The first kappa shape index (κ1) is 15.4. The molecule has 6 heteroatoms. The first-order valence-corrected chi connectivity index (χ1v) is 6.18. The number of esters is 1. The Labute approximate surface area is 112 Å². The van der Waals surface area contributed by atoms with Crippen molar-refractivity contribution in [3.05, 3.63) is 23.1 Å². The van der Waals surface area contributed by atoms with E-state index in [1.54, 1.807) is 13.8 Å². The maximum Gasteiger partial charge on any atom is 0.349 e. The molecule has 0 aromatic rings. The summed E-state index contributed by atoms with van der Waals surface area (Å²) in [6.45, 7) is 5.29. The Morgan fingerprint density at radius 1 is 1.42 bits per heavy atom. The Hall–Kier alpha value is -1.66. The van der Waals surface area contributed by atoms with E-state index in [1.807, 2.05) is 6.92 Å². The zero-order valence-electron chi connectivity index (χ0n) is 11.6. The fraction of sp³-hybridized carbons (Fsp3) is 0.538. The normalized spacial score (nSPS) is 19.7. The maximum atomic E-state index is 11.9. The van der Waals surface area contributed by atoms with Crippen molar-refractivity contribution in [3.8, 4) is 0 Å². The van der Waals surface area contributed by atoms with E-state index in [0.717, 1.165) is 0 Å². The number of nitrogens with one attached hydrogen (secondary N) is 1. The highest BCUT2D eigenvalue weighted by molar-refractivity contribution is 6.24. The van der Waals surface area contributed by atoms with E-state index in [-0.39, 0.29) is 11.4 Å². The molecule has 1 N–H and O–H groups in total. The predicted molar refractivity (Wildman–Crippen MR) is 67.5 cm³/mol. The molecule has 0 radical (unpaired) electrons. The summed E-state index contributed by atoms with van der Waals surface area (Å²) in [6.07, 6.45) is 1.76. The molecule has 1 heterocycles. The highest BCUT2D eigenvalue weighted by Gasteiger charge is 2.28. The van der Waals surface area contributed by atoms with E-state index in [4.69, 9.17) is 14.3 Å². The van der Waals surface area contributed by atoms with Gasteiger partial charge in [-0.2, -0.15) is 0 Å². The Balaban J connectivity index is 2.94. The lowest BCUT2D eigenvalue weighted by molar-refractivity contribution is -0.148. The number of ether oxygens (including phenoxy) is 2. The van der Waals surface area contributed by atoms with E-state index in [0.29, 0.717) is 24.3 Å². The van der Waals surface area contributed by atoms with Crippen molar-refractivity contribution in [1.29, 1.82) is 0 Å². The lowest BCUT2D eigenvalue weighted by Gasteiger charge is -2.19. The van der Waals surface area contributed by atoms with Crippen molar-refractivity contribution in [3.63, 3.8) is 0 Å². The molecule has 0 aliphatic carbocycles. The maximum absolute atomic E-state index is 11.9. The number of carbonyl (C=O) groups is 2. The average molecular weight is 269 g/mol. The van der Waals surface area contributed by atoms with E-state index < -0.39 is 12.3 Å². The van der Waals surface area contributed by atoms with Crippen LogP contribution in [0.4, 0.5) is 0 Å². The summed E-state index contributed by atoms with van der Waals surface area (Å²) in [5.41, 5.74) is 2.94. The van der Waals surface area contributed by atoms with Crippen LogP contribution < -0.4 is 5.48 Å². The molecule has 1 atom stereocenters. The van der Waals surface area contributed by atoms with Gasteiger partial charge in [-0.15, -0.1) is 0 Å². The van der Waals surface area contributed by atoms with Gasteiger partial charge in [0, 0.05) is 19.6 Å². The molecule has 0 spiro atoms. The third-order valence-corrected chi connectivity index (χ3v) is 2.65. The molecule has 0 saturated carbocycles. The molecule has 1 unspecified atom stereocenters. The molecule has 1 rings (SSSR count). The van der Waals surface area contributed by atoms with Crippen LogP contribution in [-0.2, 0) is 23.9 Å². The van der Waals surface area contributed by atoms with Gasteiger partial charge in [0.15, 0.2) is 12.1 Å². The molecule has 0 amide bonds. The van der Waals surface area contributed by atoms with Crippen molar-refractivity contribution < 1.29 is 23.9 Å². The van der Waals surface area contributed by atoms with Gasteiger partial charge in [-0.05, 0) is 13.3 Å². The number of hydrogen-bond donors (Lipinski definition) is 1. The molecule has 19 heavy (non-hydrogen) atoms. The molecule has 6 nitrogen and oxygen atoms in total. The van der Waals surface area contributed by atoms with E-state index >= 15 is 0 Å². The number of rotatable bonds is 6. The predicted octanol–water partition coefficient (Wildman–Crippen LogP) is 1.58. The number of hydrogen-bond acceptors (Lipinski definition) is 6. The van der Waals surface area contributed by atoms with Crippen LogP contribution in [0.3, 0.4) is 0 Å². The standard InChI is InChI=1S/C13H19NO5/c1-5-9-7-11(15)12(13(16)18-9)10(6-2)14-19-8(3)17-4/h7-8,14H,5-6H2,1-4H3. The van der Waals surface area contributed by atoms with Crippen LogP contribution in [0.15, 0.2) is 23.1 Å². The summed E-state index contributed by atoms with van der Waals surface area (Å²) in [5, 5.41) is 0. The molecule has 1 aliphatic rings. The Bertz CT molecular complexity index is 425. The van der Waals surface area contributed by atoms with E-state index in [1.165, 1.54) is 13.2 Å². The second-order valence-electron chi connectivity index (χ2n) is 3.95. The van der Waals surface area contributed by atoms with Gasteiger partial charge < -0.3 is 9.47 Å². The number of cyclic esters (lactones) is 1. The van der Waals surface area contributed by atoms with Crippen molar-refractivity contribution in [2.75, 3.05) is 7.11 Å². The van der Waals surface area contributed by atoms with Crippen molar-refractivity contribution in [2.45, 2.75) is 39.9 Å². The van der Waals surface area contributed by atoms with Crippen LogP contribution in [0.2, 0.25) is 0 Å². The second kappa shape index (κ2) is 7.06. The van der Waals surface area contributed by atoms with Gasteiger partial charge in [0.05, 0.1) is 5.70 Å². The van der Waals surface area contributed by atoms with Crippen LogP contribution in [0, 0.1) is 0 Å². The van der Waals surface area contributed by atoms with Crippen LogP contribution >= 0.6 is 0 Å². The molecule has 0 aromatic carbocycles. The number of allylic oxidation sites excluding steroid dienone is 3. The quantitative estimate of drug-likeness (QED) is 0.259. The lowest BCUT2D eigenvalue weighted by Crippen LogP contribution is -2.29. The fourth-order valence-corrected chi connectivity index (χ4v) is 1.47. The molecular formula is C13H19NO5. The number of methoxy groups -OCH3 is 1. The highest BCUT2D eigenvalue weighted by atomic mass is 16.8. The summed E-state index contributed by atoms with van der Waals surface area (Å²) >= 11 is 0. The van der Waals surface area contributed by atoms with E-state index in [2.05, 4.69) is 5.48 Å². The summed E-state index contributed by atoms with van der Waals surface area (Å²) in [6, 6.07) is 0. The van der Waals surface area contributed by atoms with E-state index in [9.17, 15) is 9.59 Å². The van der Waals surface area contributed by atoms with Gasteiger partial charge in [-0.3, -0.25) is 10.3 Å². The molecule has 106 valence electrons. The number of ketones is 1. The third-order valence-electron chi connectivity index (χ3n) is 2.65. The van der Waals surface area contributed by atoms with Crippen molar-refractivity contribution >= 4 is 11.8 Å². The topological polar surface area (TPSA) is 73.9 Å². The van der Waals surface area contributed by atoms with Crippen LogP contribution in [0.5, 0.6) is 0 Å². The smallest absolute Gasteiger partial charge is 0.349 e. The van der Waals surface area contributed by atoms with Gasteiger partial charge in [-0.1, -0.05) is 13.8 Å². The van der Waals surface area contributed by atoms with Gasteiger partial charge >= 0.3 is 5.97 Å². The van der Waals surface area contributed by atoms with Gasteiger partial charge in [-0.25, -0.2) is 9.63 Å². The third kappa shape index (κ3) is 3.90. The number of hydroxylamine groups is 1. The summed E-state index contributed by atoms with van der Waals surface area (Å²) < 4.78 is 9.95. The van der Waals surface area contributed by atoms with Gasteiger partial charge in [0.25, 0.3) is 0 Å². The van der Waals surface area contributed by atoms with Gasteiger partial charge in [0.1, 0.15) is 11.3 Å². The zero-order valence-corrected chi connectivity index (χ0v) is 11.6. The lowest BCUT2D eigenvalue weighted by atomic mass is 10.0. The molecular weight excluding hydrogens is 250 g/mol. The monoisotopic (exact) mass is 269 g/mol. The fourth-order valence-electron chi connectivity index (χ4n) is 1.47. The van der Waals surface area contributed by atoms with Gasteiger partial charge in [0.2, 0.25) is 0 Å². The SMILES string of the molecule is CCC1=CC(=O)C(=C(CC)NOC(C)OC)C(=O)O1. The zero-order chi connectivity index (χ0) is 14.4. The largest absolute Gasteiger partial charge is 0.427 e. The summed E-state index contributed by atoms with van der Waals surface area (Å²) in [7, 11) is 1.49. The Morgan fingerprint density at radius 3 is 2.58 bits per heavy atom. The second-order valence-corrected chi connectivity index (χ2v) is 3.95. The summed E-state index contributed by atoms with van der Waals surface area (Å²) in [5.74, 6) is -0.645. The van der Waals surface area contributed by atoms with Crippen LogP contribution in [0.25, 0.3) is 0 Å². The highest BCUT2D eigenvalue weighted by Crippen LogP contribution is 2.20. The summed E-state index contributed by atoms with van der Waals surface area (Å²) in [4.78, 5) is 28.9. The average Bonchev–Trinajstić information content (AvgIpc) is 2.40. The van der Waals surface area contributed by atoms with Crippen molar-refractivity contribution in [2.24, 2.45) is 0 Å². The first-order chi connectivity index (χ1) is 9.03. The minimum absolute atomic E-state index is 0.0250. The minimum Gasteiger partial charge on any atom is -0.427 e. The molecule has 0 bridgehead atoms. The van der Waals surface area contributed by atoms with Crippen LogP contribution in [0.1, 0.15) is 33.6 Å². The molecule has 0 saturated heterocycles.